The highest BCUT2D eigenvalue weighted by atomic mass is 32.2. The molecule has 0 bridgehead atoms. The van der Waals surface area contributed by atoms with Gasteiger partial charge in [0, 0.05) is 22.7 Å². The molecule has 1 heterocycles. The average molecular weight is 503 g/mol. The van der Waals surface area contributed by atoms with Crippen molar-refractivity contribution in [3.05, 3.63) is 94.8 Å². The number of rotatable bonds is 14. The second kappa shape index (κ2) is 16.7. The van der Waals surface area contributed by atoms with Crippen molar-refractivity contribution < 1.29 is 4.39 Å². The molecule has 1 aromatic rings. The Kier molecular flexibility index (Phi) is 13.6. The molecule has 0 N–H and O–H groups in total. The molecule has 0 fully saturated rings. The summed E-state index contributed by atoms with van der Waals surface area (Å²) in [5.41, 5.74) is 4.59. The van der Waals surface area contributed by atoms with Gasteiger partial charge in [-0.1, -0.05) is 91.6 Å². The van der Waals surface area contributed by atoms with Gasteiger partial charge in [0.1, 0.15) is 11.2 Å². The van der Waals surface area contributed by atoms with Crippen molar-refractivity contribution in [2.75, 3.05) is 0 Å². The van der Waals surface area contributed by atoms with E-state index in [1.807, 2.05) is 18.3 Å². The fourth-order valence-electron chi connectivity index (χ4n) is 3.69. The Labute approximate surface area is 222 Å². The lowest BCUT2D eigenvalue weighted by atomic mass is 9.98. The molecule has 2 rings (SSSR count). The summed E-state index contributed by atoms with van der Waals surface area (Å²) in [6.45, 7) is 13.7. The van der Waals surface area contributed by atoms with E-state index in [9.17, 15) is 4.39 Å². The van der Waals surface area contributed by atoms with Gasteiger partial charge in [-0.2, -0.15) is 0 Å². The van der Waals surface area contributed by atoms with Crippen molar-refractivity contribution in [3.63, 3.8) is 0 Å². The van der Waals surface area contributed by atoms with E-state index in [-0.39, 0.29) is 5.92 Å². The normalized spacial score (nSPS) is 18.8. The quantitative estimate of drug-likeness (QED) is 0.0833. The molecule has 0 amide bonds. The SMILES string of the molecule is C=CC(F)/C=C\C(=C/CC)CC/C(Sc1ccc(CC)cn1)=C(/CCC1C#C/C=C(/C)CC=C1)N=C. The van der Waals surface area contributed by atoms with Crippen LogP contribution in [0.3, 0.4) is 0 Å². The van der Waals surface area contributed by atoms with Crippen LogP contribution >= 0.6 is 11.8 Å². The number of aryl methyl sites for hydroxylation is 1. The lowest BCUT2D eigenvalue weighted by Gasteiger charge is -2.14. The summed E-state index contributed by atoms with van der Waals surface area (Å²) in [5.74, 6) is 6.74. The molecule has 0 aliphatic heterocycles. The van der Waals surface area contributed by atoms with Gasteiger partial charge >= 0.3 is 0 Å². The number of hydrogen-bond acceptors (Lipinski definition) is 3. The number of pyridine rings is 1. The standard InChI is InChI=1S/C32H39FN2S/c1-6-11-27(16-20-29(33)8-3)18-22-31(36-32-23-19-26(7-2)24-35-32)30(34-5)21-17-28-14-9-12-25(4)13-10-15-28/h8-9,11,13-14,16,19-20,23-24,28-29H,3,5-7,12,17-18,21-22H2,1-2,4H3/b14-9?,20-16-,25-13-,27-11+,31-30+. The van der Waals surface area contributed by atoms with E-state index in [2.05, 4.69) is 86.2 Å². The molecule has 1 aliphatic carbocycles. The second-order valence-corrected chi connectivity index (χ2v) is 9.89. The van der Waals surface area contributed by atoms with Crippen molar-refractivity contribution in [1.82, 2.24) is 4.98 Å². The molecular weight excluding hydrogens is 463 g/mol. The maximum atomic E-state index is 13.7. The third-order valence-electron chi connectivity index (χ3n) is 5.86. The van der Waals surface area contributed by atoms with Crippen molar-refractivity contribution in [2.45, 2.75) is 76.9 Å². The fourth-order valence-corrected chi connectivity index (χ4v) is 4.68. The molecule has 2 nitrogen and oxygen atoms in total. The Morgan fingerprint density at radius 2 is 2.14 bits per heavy atom. The van der Waals surface area contributed by atoms with Gasteiger partial charge in [-0.3, -0.25) is 4.99 Å². The number of nitrogens with zero attached hydrogens (tertiary/aromatic N) is 2. The van der Waals surface area contributed by atoms with Gasteiger partial charge in [0.05, 0.1) is 0 Å². The van der Waals surface area contributed by atoms with Crippen LogP contribution in [0.4, 0.5) is 4.39 Å². The third-order valence-corrected chi connectivity index (χ3v) is 7.00. The Morgan fingerprint density at radius 3 is 2.81 bits per heavy atom. The molecule has 36 heavy (non-hydrogen) atoms. The molecule has 0 saturated carbocycles. The van der Waals surface area contributed by atoms with Crippen molar-refractivity contribution in [2.24, 2.45) is 10.9 Å². The van der Waals surface area contributed by atoms with Crippen LogP contribution in [0.1, 0.15) is 64.9 Å². The van der Waals surface area contributed by atoms with Crippen LogP contribution in [0.2, 0.25) is 0 Å². The van der Waals surface area contributed by atoms with Crippen LogP contribution in [-0.4, -0.2) is 17.9 Å². The van der Waals surface area contributed by atoms with E-state index in [1.165, 1.54) is 17.2 Å². The topological polar surface area (TPSA) is 25.2 Å². The summed E-state index contributed by atoms with van der Waals surface area (Å²) in [6, 6.07) is 4.20. The first-order valence-corrected chi connectivity index (χ1v) is 13.6. The van der Waals surface area contributed by atoms with Crippen LogP contribution in [0.15, 0.2) is 99.2 Å². The number of thioether (sulfide) groups is 1. The van der Waals surface area contributed by atoms with Crippen molar-refractivity contribution >= 4 is 18.5 Å². The molecule has 2 atom stereocenters. The first-order chi connectivity index (χ1) is 17.5. The Hall–Kier alpha value is -2.90. The van der Waals surface area contributed by atoms with E-state index in [0.717, 1.165) is 66.1 Å². The number of aromatic nitrogens is 1. The van der Waals surface area contributed by atoms with Crippen LogP contribution in [-0.2, 0) is 6.42 Å². The predicted molar refractivity (Wildman–Crippen MR) is 156 cm³/mol. The van der Waals surface area contributed by atoms with Gasteiger partial charge in [-0.15, -0.1) is 0 Å². The Balaban J connectivity index is 2.27. The van der Waals surface area contributed by atoms with E-state index in [1.54, 1.807) is 17.8 Å². The second-order valence-electron chi connectivity index (χ2n) is 8.77. The van der Waals surface area contributed by atoms with E-state index < -0.39 is 6.17 Å². The molecular formula is C32H39FN2S. The molecule has 4 heteroatoms. The minimum absolute atomic E-state index is 0.193. The highest BCUT2D eigenvalue weighted by Gasteiger charge is 2.13. The zero-order valence-corrected chi connectivity index (χ0v) is 22.8. The largest absolute Gasteiger partial charge is 0.268 e. The van der Waals surface area contributed by atoms with Crippen molar-refractivity contribution in [3.8, 4) is 11.8 Å². The number of halogens is 1. The number of hydrogen-bond donors (Lipinski definition) is 0. The van der Waals surface area contributed by atoms with Gasteiger partial charge in [0.25, 0.3) is 0 Å². The minimum Gasteiger partial charge on any atom is -0.268 e. The van der Waals surface area contributed by atoms with E-state index in [4.69, 9.17) is 0 Å². The summed E-state index contributed by atoms with van der Waals surface area (Å²) in [6.07, 6.45) is 20.1. The first-order valence-electron chi connectivity index (χ1n) is 12.8. The summed E-state index contributed by atoms with van der Waals surface area (Å²) in [5, 5.41) is 0.946. The average Bonchev–Trinajstić information content (AvgIpc) is 2.88. The number of aliphatic imine (C=N–C) groups is 1. The van der Waals surface area contributed by atoms with E-state index in [0.29, 0.717) is 0 Å². The first kappa shape index (κ1) is 29.3. The van der Waals surface area contributed by atoms with Gasteiger partial charge in [0.2, 0.25) is 0 Å². The van der Waals surface area contributed by atoms with Crippen LogP contribution in [0, 0.1) is 17.8 Å². The van der Waals surface area contributed by atoms with Gasteiger partial charge < -0.3 is 0 Å². The van der Waals surface area contributed by atoms with Crippen LogP contribution in [0.5, 0.6) is 0 Å². The molecule has 1 aliphatic rings. The van der Waals surface area contributed by atoms with Gasteiger partial charge in [0.15, 0.2) is 0 Å². The summed E-state index contributed by atoms with van der Waals surface area (Å²) in [7, 11) is 0. The minimum atomic E-state index is -1.14. The highest BCUT2D eigenvalue weighted by molar-refractivity contribution is 8.03. The molecule has 0 spiro atoms. The summed E-state index contributed by atoms with van der Waals surface area (Å²) < 4.78 is 13.7. The molecule has 190 valence electrons. The number of alkyl halides is 1. The predicted octanol–water partition coefficient (Wildman–Crippen LogP) is 9.15. The zero-order valence-electron chi connectivity index (χ0n) is 22.0. The maximum Gasteiger partial charge on any atom is 0.137 e. The van der Waals surface area contributed by atoms with Gasteiger partial charge in [-0.25, -0.2) is 9.37 Å². The van der Waals surface area contributed by atoms with Crippen LogP contribution < -0.4 is 0 Å². The maximum absolute atomic E-state index is 13.7. The molecule has 1 aromatic heterocycles. The Bertz CT molecular complexity index is 1080. The third kappa shape index (κ3) is 10.8. The highest BCUT2D eigenvalue weighted by Crippen LogP contribution is 2.35. The Morgan fingerprint density at radius 1 is 1.31 bits per heavy atom. The molecule has 0 aromatic carbocycles. The fraction of sp³-hybridized carbons (Fsp3) is 0.375. The zero-order chi connectivity index (χ0) is 26.2. The molecule has 0 radical (unpaired) electrons. The van der Waals surface area contributed by atoms with Crippen LogP contribution in [0.25, 0.3) is 0 Å². The molecule has 2 unspecified atom stereocenters. The van der Waals surface area contributed by atoms with Gasteiger partial charge in [-0.05, 0) is 82.4 Å². The smallest absolute Gasteiger partial charge is 0.137 e. The monoisotopic (exact) mass is 502 g/mol. The van der Waals surface area contributed by atoms with Crippen molar-refractivity contribution in [1.29, 1.82) is 0 Å². The lowest BCUT2D eigenvalue weighted by molar-refractivity contribution is 0.469. The lowest BCUT2D eigenvalue weighted by Crippen LogP contribution is -1.98. The summed E-state index contributed by atoms with van der Waals surface area (Å²) >= 11 is 1.65. The summed E-state index contributed by atoms with van der Waals surface area (Å²) in [4.78, 5) is 10.3. The van der Waals surface area contributed by atoms with E-state index >= 15 is 0 Å². The number of allylic oxidation sites excluding steroid dienone is 11. The molecule has 0 saturated heterocycles.